The minimum Gasteiger partial charge on any atom is -0.496 e. The third-order valence-electron chi connectivity index (χ3n) is 3.25. The first-order chi connectivity index (χ1) is 12.2. The van der Waals surface area contributed by atoms with Gasteiger partial charge < -0.3 is 14.8 Å². The van der Waals surface area contributed by atoms with Crippen LogP contribution in [0.25, 0.3) is 0 Å². The third-order valence-corrected chi connectivity index (χ3v) is 3.25. The molecule has 2 aromatic carbocycles. The van der Waals surface area contributed by atoms with Crippen LogP contribution in [0.15, 0.2) is 42.5 Å². The molecule has 2 rings (SSSR count). The number of carbonyl (C=O) groups excluding carboxylic acids is 1. The fourth-order valence-corrected chi connectivity index (χ4v) is 2.07. The Morgan fingerprint density at radius 2 is 1.85 bits per heavy atom. The number of hydrogen-bond donors (Lipinski definition) is 1. The molecule has 2 aromatic rings. The maximum atomic E-state index is 12.2. The van der Waals surface area contributed by atoms with Gasteiger partial charge in [-0.1, -0.05) is 12.1 Å². The molecule has 7 nitrogen and oxygen atoms in total. The molecule has 0 unspecified atom stereocenters. The lowest BCUT2D eigenvalue weighted by molar-refractivity contribution is -0.384. The average molecular weight is 370 g/mol. The maximum absolute atomic E-state index is 12.2. The van der Waals surface area contributed by atoms with Crippen LogP contribution in [0.2, 0.25) is 0 Å². The molecule has 0 spiro atoms. The summed E-state index contributed by atoms with van der Waals surface area (Å²) in [5.41, 5.74) is 0.209. The van der Waals surface area contributed by atoms with Gasteiger partial charge in [-0.2, -0.15) is 0 Å². The monoisotopic (exact) mass is 370 g/mol. The van der Waals surface area contributed by atoms with Gasteiger partial charge >= 0.3 is 6.36 Å². The largest absolute Gasteiger partial charge is 0.573 e. The summed E-state index contributed by atoms with van der Waals surface area (Å²) in [5, 5.41) is 13.3. The lowest BCUT2D eigenvalue weighted by Crippen LogP contribution is -2.23. The van der Waals surface area contributed by atoms with Crippen molar-refractivity contribution in [3.8, 4) is 11.5 Å². The smallest absolute Gasteiger partial charge is 0.496 e. The van der Waals surface area contributed by atoms with Crippen LogP contribution in [0.5, 0.6) is 11.5 Å². The number of hydrogen-bond acceptors (Lipinski definition) is 5. The van der Waals surface area contributed by atoms with Crippen LogP contribution in [0.1, 0.15) is 15.9 Å². The molecule has 26 heavy (non-hydrogen) atoms. The van der Waals surface area contributed by atoms with E-state index in [1.165, 1.54) is 31.4 Å². The summed E-state index contributed by atoms with van der Waals surface area (Å²) in [5.74, 6) is -0.851. The SMILES string of the molecule is COc1ccc([N+](=O)[O-])cc1C(=O)NCc1ccc(OC(F)(F)F)cc1. The number of nitrogens with one attached hydrogen (secondary N) is 1. The van der Waals surface area contributed by atoms with Crippen LogP contribution in [-0.4, -0.2) is 24.3 Å². The molecular formula is C16H13F3N2O5. The number of amides is 1. The normalized spacial score (nSPS) is 10.9. The van der Waals surface area contributed by atoms with E-state index in [0.29, 0.717) is 5.56 Å². The van der Waals surface area contributed by atoms with Crippen molar-refractivity contribution in [1.29, 1.82) is 0 Å². The van der Waals surface area contributed by atoms with Crippen molar-refractivity contribution in [3.05, 3.63) is 63.7 Å². The zero-order chi connectivity index (χ0) is 19.3. The van der Waals surface area contributed by atoms with E-state index < -0.39 is 17.2 Å². The highest BCUT2D eigenvalue weighted by molar-refractivity contribution is 5.97. The number of alkyl halides is 3. The van der Waals surface area contributed by atoms with Crippen LogP contribution >= 0.6 is 0 Å². The fraction of sp³-hybridized carbons (Fsp3) is 0.188. The molecule has 0 aliphatic heterocycles. The number of benzene rings is 2. The van der Waals surface area contributed by atoms with E-state index in [2.05, 4.69) is 10.1 Å². The zero-order valence-corrected chi connectivity index (χ0v) is 13.4. The molecular weight excluding hydrogens is 357 g/mol. The van der Waals surface area contributed by atoms with Gasteiger partial charge in [0, 0.05) is 18.7 Å². The number of nitro benzene ring substituents is 1. The molecule has 0 aliphatic carbocycles. The molecule has 1 N–H and O–H groups in total. The molecule has 0 saturated carbocycles. The highest BCUT2D eigenvalue weighted by Crippen LogP contribution is 2.25. The average Bonchev–Trinajstić information content (AvgIpc) is 2.58. The fourth-order valence-electron chi connectivity index (χ4n) is 2.07. The quantitative estimate of drug-likeness (QED) is 0.621. The summed E-state index contributed by atoms with van der Waals surface area (Å²) in [4.78, 5) is 22.4. The van der Waals surface area contributed by atoms with Gasteiger partial charge in [-0.05, 0) is 23.8 Å². The van der Waals surface area contributed by atoms with E-state index in [9.17, 15) is 28.1 Å². The molecule has 0 fully saturated rings. The zero-order valence-electron chi connectivity index (χ0n) is 13.4. The van der Waals surface area contributed by atoms with Gasteiger partial charge in [-0.15, -0.1) is 13.2 Å². The standard InChI is InChI=1S/C16H13F3N2O5/c1-25-14-7-4-11(21(23)24)8-13(14)15(22)20-9-10-2-5-12(6-3-10)26-16(17,18)19/h2-8H,9H2,1H3,(H,20,22). The summed E-state index contributed by atoms with van der Waals surface area (Å²) < 4.78 is 45.1. The van der Waals surface area contributed by atoms with E-state index in [1.54, 1.807) is 0 Å². The van der Waals surface area contributed by atoms with Gasteiger partial charge in [0.2, 0.25) is 0 Å². The van der Waals surface area contributed by atoms with E-state index in [1.807, 2.05) is 0 Å². The van der Waals surface area contributed by atoms with Gasteiger partial charge in [-0.25, -0.2) is 0 Å². The Bertz CT molecular complexity index is 807. The molecule has 0 aliphatic rings. The molecule has 0 heterocycles. The van der Waals surface area contributed by atoms with Crippen molar-refractivity contribution in [1.82, 2.24) is 5.32 Å². The Morgan fingerprint density at radius 1 is 1.19 bits per heavy atom. The maximum Gasteiger partial charge on any atom is 0.573 e. The minimum absolute atomic E-state index is 0.00300. The molecule has 10 heteroatoms. The first kappa shape index (κ1) is 19.0. The van der Waals surface area contributed by atoms with Crippen LogP contribution in [0, 0.1) is 10.1 Å². The van der Waals surface area contributed by atoms with Gasteiger partial charge in [-0.3, -0.25) is 14.9 Å². The highest BCUT2D eigenvalue weighted by atomic mass is 19.4. The summed E-state index contributed by atoms with van der Waals surface area (Å²) in [7, 11) is 1.32. The summed E-state index contributed by atoms with van der Waals surface area (Å²) in [6, 6.07) is 8.52. The van der Waals surface area contributed by atoms with Crippen molar-refractivity contribution >= 4 is 11.6 Å². The van der Waals surface area contributed by atoms with Crippen LogP contribution in [-0.2, 0) is 6.54 Å². The molecule has 138 valence electrons. The summed E-state index contributed by atoms with van der Waals surface area (Å²) in [6.45, 7) is -0.00300. The van der Waals surface area contributed by atoms with Gasteiger partial charge in [0.15, 0.2) is 0 Å². The molecule has 0 bridgehead atoms. The second-order valence-corrected chi connectivity index (χ2v) is 5.02. The number of nitrogens with zero attached hydrogens (tertiary/aromatic N) is 1. The topological polar surface area (TPSA) is 90.7 Å². The Labute approximate surface area is 145 Å². The number of nitro groups is 1. The second kappa shape index (κ2) is 7.72. The molecule has 0 saturated heterocycles. The Hall–Kier alpha value is -3.30. The van der Waals surface area contributed by atoms with E-state index in [0.717, 1.165) is 18.2 Å². The van der Waals surface area contributed by atoms with Crippen molar-refractivity contribution in [3.63, 3.8) is 0 Å². The minimum atomic E-state index is -4.78. The molecule has 0 atom stereocenters. The number of ether oxygens (including phenoxy) is 2. The van der Waals surface area contributed by atoms with Crippen molar-refractivity contribution in [2.24, 2.45) is 0 Å². The Kier molecular flexibility index (Phi) is 5.65. The van der Waals surface area contributed by atoms with Crippen molar-refractivity contribution in [2.45, 2.75) is 12.9 Å². The number of carbonyl (C=O) groups is 1. The van der Waals surface area contributed by atoms with E-state index in [4.69, 9.17) is 4.74 Å². The second-order valence-electron chi connectivity index (χ2n) is 5.02. The number of halogens is 3. The lowest BCUT2D eigenvalue weighted by atomic mass is 10.1. The number of rotatable bonds is 6. The first-order valence-corrected chi connectivity index (χ1v) is 7.15. The number of methoxy groups -OCH3 is 1. The van der Waals surface area contributed by atoms with Crippen LogP contribution in [0.3, 0.4) is 0 Å². The molecule has 1 amide bonds. The van der Waals surface area contributed by atoms with Gasteiger partial charge in [0.1, 0.15) is 11.5 Å². The van der Waals surface area contributed by atoms with Gasteiger partial charge in [0.05, 0.1) is 17.6 Å². The Morgan fingerprint density at radius 3 is 2.38 bits per heavy atom. The first-order valence-electron chi connectivity index (χ1n) is 7.15. The summed E-state index contributed by atoms with van der Waals surface area (Å²) >= 11 is 0. The molecule has 0 aromatic heterocycles. The highest BCUT2D eigenvalue weighted by Gasteiger charge is 2.30. The van der Waals surface area contributed by atoms with Crippen LogP contribution in [0.4, 0.5) is 18.9 Å². The Balaban J connectivity index is 2.06. The van der Waals surface area contributed by atoms with Gasteiger partial charge in [0.25, 0.3) is 11.6 Å². The molecule has 0 radical (unpaired) electrons. The lowest BCUT2D eigenvalue weighted by Gasteiger charge is -2.11. The number of non-ortho nitro benzene ring substituents is 1. The van der Waals surface area contributed by atoms with E-state index >= 15 is 0 Å². The van der Waals surface area contributed by atoms with Crippen molar-refractivity contribution in [2.75, 3.05) is 7.11 Å². The van der Waals surface area contributed by atoms with Crippen molar-refractivity contribution < 1.29 is 32.4 Å². The third kappa shape index (κ3) is 5.10. The predicted molar refractivity (Wildman–Crippen MR) is 83.9 cm³/mol. The summed E-state index contributed by atoms with van der Waals surface area (Å²) in [6.07, 6.45) is -4.78. The predicted octanol–water partition coefficient (Wildman–Crippen LogP) is 3.43. The van der Waals surface area contributed by atoms with E-state index in [-0.39, 0.29) is 29.3 Å². The van der Waals surface area contributed by atoms with Crippen LogP contribution < -0.4 is 14.8 Å².